The zero-order valence-electron chi connectivity index (χ0n) is 10.1. The lowest BCUT2D eigenvalue weighted by atomic mass is 10.1. The maximum absolute atomic E-state index is 11.8. The Morgan fingerprint density at radius 1 is 1.33 bits per heavy atom. The number of aromatic nitrogens is 1. The molecule has 1 aromatic heterocycles. The number of amides is 1. The van der Waals surface area contributed by atoms with Gasteiger partial charge in [-0.1, -0.05) is 12.1 Å². The summed E-state index contributed by atoms with van der Waals surface area (Å²) in [5, 5.41) is 12.0. The first-order valence-corrected chi connectivity index (χ1v) is 5.64. The Morgan fingerprint density at radius 3 is 2.89 bits per heavy atom. The Morgan fingerprint density at radius 2 is 2.17 bits per heavy atom. The average molecular weight is 242 g/mol. The fraction of sp³-hybridized carbons (Fsp3) is 0.143. The summed E-state index contributed by atoms with van der Waals surface area (Å²) in [7, 11) is 0. The maximum atomic E-state index is 11.8. The van der Waals surface area contributed by atoms with Crippen molar-refractivity contribution >= 4 is 11.7 Å². The Labute approximate surface area is 105 Å². The molecule has 18 heavy (non-hydrogen) atoms. The summed E-state index contributed by atoms with van der Waals surface area (Å²) in [5.74, 6) is 0.549. The quantitative estimate of drug-likeness (QED) is 0.868. The van der Waals surface area contributed by atoms with E-state index in [2.05, 4.69) is 10.3 Å². The summed E-state index contributed by atoms with van der Waals surface area (Å²) in [6.45, 7) is 1.94. The van der Waals surface area contributed by atoms with Crippen molar-refractivity contribution in [1.29, 1.82) is 0 Å². The number of pyridine rings is 1. The number of benzene rings is 1. The molecule has 1 amide bonds. The normalized spacial score (nSPS) is 10.1. The minimum absolute atomic E-state index is 0.154. The number of rotatable bonds is 3. The minimum Gasteiger partial charge on any atom is -0.508 e. The number of hydrogen-bond acceptors (Lipinski definition) is 3. The number of carbonyl (C=O) groups is 1. The van der Waals surface area contributed by atoms with Gasteiger partial charge >= 0.3 is 0 Å². The molecular formula is C14H14N2O2. The molecule has 0 unspecified atom stereocenters. The standard InChI is InChI=1S/C14H14N2O2/c1-10-5-6-15-13(7-10)16-14(18)9-11-3-2-4-12(17)8-11/h2-8,17H,9H2,1H3,(H,15,16,18). The second kappa shape index (κ2) is 5.31. The van der Waals surface area contributed by atoms with E-state index in [0.717, 1.165) is 11.1 Å². The smallest absolute Gasteiger partial charge is 0.229 e. The summed E-state index contributed by atoms with van der Waals surface area (Å²) >= 11 is 0. The van der Waals surface area contributed by atoms with Crippen molar-refractivity contribution < 1.29 is 9.90 Å². The fourth-order valence-electron chi connectivity index (χ4n) is 1.64. The number of nitrogens with zero attached hydrogens (tertiary/aromatic N) is 1. The van der Waals surface area contributed by atoms with Crippen LogP contribution in [-0.2, 0) is 11.2 Å². The second-order valence-electron chi connectivity index (χ2n) is 4.11. The van der Waals surface area contributed by atoms with E-state index in [4.69, 9.17) is 0 Å². The molecule has 0 bridgehead atoms. The number of anilines is 1. The van der Waals surface area contributed by atoms with Crippen molar-refractivity contribution in [2.45, 2.75) is 13.3 Å². The van der Waals surface area contributed by atoms with Crippen LogP contribution < -0.4 is 5.32 Å². The first-order valence-electron chi connectivity index (χ1n) is 5.64. The fourth-order valence-corrected chi connectivity index (χ4v) is 1.64. The molecule has 92 valence electrons. The number of aryl methyl sites for hydroxylation is 1. The molecule has 0 aliphatic heterocycles. The van der Waals surface area contributed by atoms with Gasteiger partial charge in [0.05, 0.1) is 6.42 Å². The molecule has 0 aliphatic carbocycles. The van der Waals surface area contributed by atoms with Crippen molar-refractivity contribution in [3.63, 3.8) is 0 Å². The van der Waals surface area contributed by atoms with Gasteiger partial charge in [-0.25, -0.2) is 4.98 Å². The zero-order chi connectivity index (χ0) is 13.0. The molecule has 0 saturated carbocycles. The van der Waals surface area contributed by atoms with Crippen LogP contribution in [0.25, 0.3) is 0 Å². The highest BCUT2D eigenvalue weighted by Gasteiger charge is 2.05. The summed E-state index contributed by atoms with van der Waals surface area (Å²) < 4.78 is 0. The van der Waals surface area contributed by atoms with E-state index in [0.29, 0.717) is 5.82 Å². The Kier molecular flexibility index (Phi) is 3.57. The highest BCUT2D eigenvalue weighted by Crippen LogP contribution is 2.12. The molecule has 0 spiro atoms. The van der Waals surface area contributed by atoms with E-state index < -0.39 is 0 Å². The highest BCUT2D eigenvalue weighted by molar-refractivity contribution is 5.91. The van der Waals surface area contributed by atoms with Crippen LogP contribution in [0.5, 0.6) is 5.75 Å². The number of aromatic hydroxyl groups is 1. The average Bonchev–Trinajstić information content (AvgIpc) is 2.28. The van der Waals surface area contributed by atoms with Crippen molar-refractivity contribution in [1.82, 2.24) is 4.98 Å². The van der Waals surface area contributed by atoms with E-state index in [1.807, 2.05) is 13.0 Å². The molecule has 1 aromatic carbocycles. The van der Waals surface area contributed by atoms with Gasteiger partial charge in [0.25, 0.3) is 0 Å². The molecule has 0 aliphatic rings. The Bertz CT molecular complexity index is 518. The predicted octanol–water partition coefficient (Wildman–Crippen LogP) is 2.28. The van der Waals surface area contributed by atoms with Crippen LogP contribution in [0, 0.1) is 6.92 Å². The molecule has 0 saturated heterocycles. The third kappa shape index (κ3) is 3.31. The van der Waals surface area contributed by atoms with Crippen LogP contribution in [-0.4, -0.2) is 16.0 Å². The summed E-state index contributed by atoms with van der Waals surface area (Å²) in [6.07, 6.45) is 1.86. The lowest BCUT2D eigenvalue weighted by molar-refractivity contribution is -0.115. The SMILES string of the molecule is Cc1ccnc(NC(=O)Cc2cccc(O)c2)c1. The monoisotopic (exact) mass is 242 g/mol. The first kappa shape index (κ1) is 12.1. The van der Waals surface area contributed by atoms with Crippen LogP contribution in [0.3, 0.4) is 0 Å². The van der Waals surface area contributed by atoms with Gasteiger partial charge in [0.15, 0.2) is 0 Å². The Balaban J connectivity index is 2.01. The van der Waals surface area contributed by atoms with Crippen molar-refractivity contribution in [2.75, 3.05) is 5.32 Å². The highest BCUT2D eigenvalue weighted by atomic mass is 16.3. The zero-order valence-corrected chi connectivity index (χ0v) is 10.1. The van der Waals surface area contributed by atoms with Gasteiger partial charge in [0.1, 0.15) is 11.6 Å². The molecule has 0 radical (unpaired) electrons. The third-order valence-corrected chi connectivity index (χ3v) is 2.46. The van der Waals surface area contributed by atoms with Crippen LogP contribution >= 0.6 is 0 Å². The second-order valence-corrected chi connectivity index (χ2v) is 4.11. The molecule has 2 N–H and O–H groups in total. The lowest BCUT2D eigenvalue weighted by Gasteiger charge is -2.05. The molecule has 0 fully saturated rings. The van der Waals surface area contributed by atoms with Gasteiger partial charge in [-0.3, -0.25) is 4.79 Å². The third-order valence-electron chi connectivity index (χ3n) is 2.46. The van der Waals surface area contributed by atoms with Crippen molar-refractivity contribution in [3.8, 4) is 5.75 Å². The first-order chi connectivity index (χ1) is 8.63. The lowest BCUT2D eigenvalue weighted by Crippen LogP contribution is -2.15. The minimum atomic E-state index is -0.154. The van der Waals surface area contributed by atoms with Crippen molar-refractivity contribution in [2.24, 2.45) is 0 Å². The molecule has 2 aromatic rings. The largest absolute Gasteiger partial charge is 0.508 e. The van der Waals surface area contributed by atoms with Crippen molar-refractivity contribution in [3.05, 3.63) is 53.7 Å². The summed E-state index contributed by atoms with van der Waals surface area (Å²) in [5.41, 5.74) is 1.80. The number of nitrogens with one attached hydrogen (secondary N) is 1. The Hall–Kier alpha value is -2.36. The van der Waals surface area contributed by atoms with E-state index in [1.165, 1.54) is 0 Å². The molecule has 2 rings (SSSR count). The van der Waals surface area contributed by atoms with Gasteiger partial charge in [-0.15, -0.1) is 0 Å². The number of phenols is 1. The van der Waals surface area contributed by atoms with E-state index >= 15 is 0 Å². The van der Waals surface area contributed by atoms with Gasteiger partial charge in [-0.2, -0.15) is 0 Å². The van der Waals surface area contributed by atoms with Gasteiger partial charge in [0.2, 0.25) is 5.91 Å². The maximum Gasteiger partial charge on any atom is 0.229 e. The molecule has 0 atom stereocenters. The molecule has 1 heterocycles. The van der Waals surface area contributed by atoms with E-state index in [1.54, 1.807) is 36.5 Å². The topological polar surface area (TPSA) is 62.2 Å². The van der Waals surface area contributed by atoms with Crippen LogP contribution in [0.4, 0.5) is 5.82 Å². The van der Waals surface area contributed by atoms with E-state index in [-0.39, 0.29) is 18.1 Å². The molecule has 4 nitrogen and oxygen atoms in total. The number of carbonyl (C=O) groups excluding carboxylic acids is 1. The molecular weight excluding hydrogens is 228 g/mol. The molecule has 4 heteroatoms. The predicted molar refractivity (Wildman–Crippen MR) is 69.4 cm³/mol. The van der Waals surface area contributed by atoms with E-state index in [9.17, 15) is 9.90 Å². The summed E-state index contributed by atoms with van der Waals surface area (Å²) in [4.78, 5) is 15.8. The summed E-state index contributed by atoms with van der Waals surface area (Å²) in [6, 6.07) is 10.3. The van der Waals surface area contributed by atoms with Crippen LogP contribution in [0.1, 0.15) is 11.1 Å². The number of phenolic OH excluding ortho intramolecular Hbond substituents is 1. The van der Waals surface area contributed by atoms with Gasteiger partial charge in [-0.05, 0) is 42.3 Å². The van der Waals surface area contributed by atoms with Gasteiger partial charge in [0, 0.05) is 6.20 Å². The van der Waals surface area contributed by atoms with Crippen LogP contribution in [0.15, 0.2) is 42.6 Å². The van der Waals surface area contributed by atoms with Gasteiger partial charge < -0.3 is 10.4 Å². The van der Waals surface area contributed by atoms with Crippen LogP contribution in [0.2, 0.25) is 0 Å². The number of hydrogen-bond donors (Lipinski definition) is 2.